The largest absolute Gasteiger partial charge is 0.341 e. The van der Waals surface area contributed by atoms with Crippen molar-refractivity contribution in [3.05, 3.63) is 52.9 Å². The van der Waals surface area contributed by atoms with Gasteiger partial charge in [-0.25, -0.2) is 4.98 Å². The third-order valence-electron chi connectivity index (χ3n) is 3.77. The van der Waals surface area contributed by atoms with E-state index in [4.69, 9.17) is 12.2 Å². The van der Waals surface area contributed by atoms with E-state index in [9.17, 15) is 4.79 Å². The SMILES string of the molecule is O=C(/C=C/c1cccs1)NC(=S)N1CCN(c2cccc[nH+]2)CC1. The van der Waals surface area contributed by atoms with Gasteiger partial charge in [0.15, 0.2) is 5.11 Å². The summed E-state index contributed by atoms with van der Waals surface area (Å²) in [5, 5.41) is 5.25. The molecule has 24 heavy (non-hydrogen) atoms. The second-order valence-electron chi connectivity index (χ2n) is 5.37. The van der Waals surface area contributed by atoms with Crippen LogP contribution >= 0.6 is 23.6 Å². The van der Waals surface area contributed by atoms with Gasteiger partial charge in [-0.15, -0.1) is 11.3 Å². The van der Waals surface area contributed by atoms with Crippen molar-refractivity contribution >= 4 is 46.5 Å². The fourth-order valence-electron chi connectivity index (χ4n) is 2.50. The van der Waals surface area contributed by atoms with Gasteiger partial charge in [-0.3, -0.25) is 15.0 Å². The van der Waals surface area contributed by atoms with Crippen LogP contribution in [0, 0.1) is 0 Å². The summed E-state index contributed by atoms with van der Waals surface area (Å²) >= 11 is 6.95. The lowest BCUT2D eigenvalue weighted by Crippen LogP contribution is -2.53. The van der Waals surface area contributed by atoms with E-state index < -0.39 is 0 Å². The van der Waals surface area contributed by atoms with Crippen LogP contribution in [0.2, 0.25) is 0 Å². The number of amides is 1. The fourth-order valence-corrected chi connectivity index (χ4v) is 3.40. The average Bonchev–Trinajstić information content (AvgIpc) is 3.14. The Bertz CT molecular complexity index is 707. The molecule has 1 amide bonds. The van der Waals surface area contributed by atoms with Crippen LogP contribution in [0.1, 0.15) is 4.88 Å². The van der Waals surface area contributed by atoms with Gasteiger partial charge in [0.25, 0.3) is 5.82 Å². The standard InChI is InChI=1S/C17H18N4OS2/c22-16(7-6-14-4-3-13-24-14)19-17(23)21-11-9-20(10-12-21)15-5-1-2-8-18-15/h1-8,13H,9-12H2,(H,19,22,23)/p+1/b7-6+. The first-order valence-electron chi connectivity index (χ1n) is 7.75. The first-order valence-corrected chi connectivity index (χ1v) is 9.04. The highest BCUT2D eigenvalue weighted by Gasteiger charge is 2.24. The number of rotatable bonds is 3. The molecule has 3 rings (SSSR count). The molecule has 0 unspecified atom stereocenters. The molecule has 124 valence electrons. The Balaban J connectivity index is 1.47. The number of nitrogens with one attached hydrogen (secondary N) is 2. The first-order chi connectivity index (χ1) is 11.7. The molecule has 0 radical (unpaired) electrons. The number of H-pyrrole nitrogens is 1. The van der Waals surface area contributed by atoms with Crippen LogP contribution in [0.25, 0.3) is 6.08 Å². The molecule has 0 atom stereocenters. The topological polar surface area (TPSA) is 49.7 Å². The summed E-state index contributed by atoms with van der Waals surface area (Å²) in [5.74, 6) is 0.915. The highest BCUT2D eigenvalue weighted by Crippen LogP contribution is 2.11. The summed E-state index contributed by atoms with van der Waals surface area (Å²) in [7, 11) is 0. The number of pyridine rings is 1. The zero-order chi connectivity index (χ0) is 16.8. The van der Waals surface area contributed by atoms with Crippen LogP contribution in [0.15, 0.2) is 48.0 Å². The number of thiophene rings is 1. The quantitative estimate of drug-likeness (QED) is 0.671. The maximum Gasteiger partial charge on any atom is 0.274 e. The molecule has 0 aromatic carbocycles. The molecule has 0 aliphatic carbocycles. The lowest BCUT2D eigenvalue weighted by atomic mass is 10.3. The molecule has 2 aromatic rings. The lowest BCUT2D eigenvalue weighted by Gasteiger charge is -2.32. The normalized spacial score (nSPS) is 14.8. The molecule has 1 aliphatic rings. The summed E-state index contributed by atoms with van der Waals surface area (Å²) in [6, 6.07) is 9.96. The Kier molecular flexibility index (Phi) is 5.55. The Hall–Kier alpha value is -2.25. The van der Waals surface area contributed by atoms with E-state index in [1.807, 2.05) is 40.7 Å². The number of hydrogen-bond donors (Lipinski definition) is 1. The number of hydrogen-bond acceptors (Lipinski definition) is 4. The molecule has 0 bridgehead atoms. The van der Waals surface area contributed by atoms with Gasteiger partial charge in [-0.1, -0.05) is 12.1 Å². The van der Waals surface area contributed by atoms with Crippen LogP contribution in [0.3, 0.4) is 0 Å². The summed E-state index contributed by atoms with van der Waals surface area (Å²) in [6.45, 7) is 3.30. The predicted molar refractivity (Wildman–Crippen MR) is 101 cm³/mol. The van der Waals surface area contributed by atoms with Gasteiger partial charge in [0.05, 0.1) is 19.3 Å². The summed E-state index contributed by atoms with van der Waals surface area (Å²) in [4.78, 5) is 20.5. The minimum absolute atomic E-state index is 0.188. The van der Waals surface area contributed by atoms with Crippen molar-refractivity contribution in [2.75, 3.05) is 31.1 Å². The number of aromatic amines is 1. The number of piperazine rings is 1. The molecule has 1 aliphatic heterocycles. The van der Waals surface area contributed by atoms with Crippen LogP contribution in [0.5, 0.6) is 0 Å². The average molecular weight is 360 g/mol. The predicted octanol–water partition coefficient (Wildman–Crippen LogP) is 1.80. The van der Waals surface area contributed by atoms with Crippen molar-refractivity contribution in [2.24, 2.45) is 0 Å². The van der Waals surface area contributed by atoms with E-state index in [1.54, 1.807) is 17.4 Å². The van der Waals surface area contributed by atoms with Crippen molar-refractivity contribution in [2.45, 2.75) is 0 Å². The van der Waals surface area contributed by atoms with Crippen molar-refractivity contribution in [3.8, 4) is 0 Å². The number of nitrogens with zero attached hydrogens (tertiary/aromatic N) is 2. The smallest absolute Gasteiger partial charge is 0.274 e. The van der Waals surface area contributed by atoms with Gasteiger partial charge in [-0.05, 0) is 35.8 Å². The number of carbonyl (C=O) groups is 1. The highest BCUT2D eigenvalue weighted by atomic mass is 32.1. The third-order valence-corrected chi connectivity index (χ3v) is 4.97. The van der Waals surface area contributed by atoms with E-state index in [1.165, 1.54) is 6.08 Å². The Morgan fingerprint density at radius 3 is 2.71 bits per heavy atom. The fraction of sp³-hybridized carbons (Fsp3) is 0.235. The molecule has 7 heteroatoms. The molecule has 0 saturated carbocycles. The molecule has 0 spiro atoms. The monoisotopic (exact) mass is 359 g/mol. The maximum atomic E-state index is 12.0. The van der Waals surface area contributed by atoms with Gasteiger partial charge in [0, 0.05) is 17.0 Å². The zero-order valence-electron chi connectivity index (χ0n) is 13.1. The van der Waals surface area contributed by atoms with Crippen molar-refractivity contribution in [3.63, 3.8) is 0 Å². The van der Waals surface area contributed by atoms with E-state index in [2.05, 4.69) is 21.3 Å². The van der Waals surface area contributed by atoms with Crippen LogP contribution < -0.4 is 15.2 Å². The molecule has 5 nitrogen and oxygen atoms in total. The summed E-state index contributed by atoms with van der Waals surface area (Å²) < 4.78 is 0. The number of anilines is 1. The molecular weight excluding hydrogens is 340 g/mol. The van der Waals surface area contributed by atoms with Gasteiger partial charge < -0.3 is 4.90 Å². The Morgan fingerprint density at radius 2 is 2.04 bits per heavy atom. The van der Waals surface area contributed by atoms with Crippen LogP contribution in [-0.2, 0) is 4.79 Å². The van der Waals surface area contributed by atoms with Crippen LogP contribution in [0.4, 0.5) is 5.82 Å². The van der Waals surface area contributed by atoms with Gasteiger partial charge in [0.1, 0.15) is 13.1 Å². The molecule has 2 aromatic heterocycles. The lowest BCUT2D eigenvalue weighted by molar-refractivity contribution is -0.364. The van der Waals surface area contributed by atoms with Crippen molar-refractivity contribution in [1.29, 1.82) is 0 Å². The molecular formula is C17H19N4OS2+. The summed E-state index contributed by atoms with van der Waals surface area (Å²) in [5.41, 5.74) is 0. The second kappa shape index (κ2) is 8.03. The first kappa shape index (κ1) is 16.6. The van der Waals surface area contributed by atoms with Gasteiger partial charge in [-0.2, -0.15) is 0 Å². The Morgan fingerprint density at radius 1 is 1.21 bits per heavy atom. The molecule has 3 heterocycles. The highest BCUT2D eigenvalue weighted by molar-refractivity contribution is 7.80. The zero-order valence-corrected chi connectivity index (χ0v) is 14.8. The summed E-state index contributed by atoms with van der Waals surface area (Å²) in [6.07, 6.45) is 5.24. The molecule has 1 saturated heterocycles. The number of aromatic nitrogens is 1. The molecule has 2 N–H and O–H groups in total. The van der Waals surface area contributed by atoms with Gasteiger partial charge >= 0.3 is 0 Å². The minimum Gasteiger partial charge on any atom is -0.341 e. The van der Waals surface area contributed by atoms with Gasteiger partial charge in [0.2, 0.25) is 5.91 Å². The van der Waals surface area contributed by atoms with E-state index in [-0.39, 0.29) is 5.91 Å². The minimum atomic E-state index is -0.188. The number of carbonyl (C=O) groups excluding carboxylic acids is 1. The maximum absolute atomic E-state index is 12.0. The van der Waals surface area contributed by atoms with Crippen molar-refractivity contribution in [1.82, 2.24) is 10.2 Å². The number of thiocarbonyl (C=S) groups is 1. The van der Waals surface area contributed by atoms with E-state index >= 15 is 0 Å². The molecule has 1 fully saturated rings. The van der Waals surface area contributed by atoms with E-state index in [0.29, 0.717) is 5.11 Å². The Labute approximate surface area is 150 Å². The van der Waals surface area contributed by atoms with E-state index in [0.717, 1.165) is 36.9 Å². The second-order valence-corrected chi connectivity index (χ2v) is 6.73. The third kappa shape index (κ3) is 4.39. The van der Waals surface area contributed by atoms with Crippen LogP contribution in [-0.4, -0.2) is 42.1 Å². The van der Waals surface area contributed by atoms with Crippen molar-refractivity contribution < 1.29 is 9.78 Å².